The van der Waals surface area contributed by atoms with Gasteiger partial charge in [-0.25, -0.2) is 4.39 Å². The van der Waals surface area contributed by atoms with Crippen LogP contribution in [0.3, 0.4) is 0 Å². The lowest BCUT2D eigenvalue weighted by atomic mass is 9.88. The molecule has 0 saturated carbocycles. The highest BCUT2D eigenvalue weighted by atomic mass is 19.1. The lowest BCUT2D eigenvalue weighted by Gasteiger charge is -2.41. The van der Waals surface area contributed by atoms with Crippen LogP contribution in [0.2, 0.25) is 0 Å². The summed E-state index contributed by atoms with van der Waals surface area (Å²) >= 11 is 0. The number of nitrogens with zero attached hydrogens (tertiary/aromatic N) is 1. The highest BCUT2D eigenvalue weighted by molar-refractivity contribution is 5.78. The Morgan fingerprint density at radius 3 is 2.89 bits per heavy atom. The zero-order valence-electron chi connectivity index (χ0n) is 11.4. The minimum absolute atomic E-state index is 0.269. The van der Waals surface area contributed by atoms with Gasteiger partial charge in [0.15, 0.2) is 0 Å². The second-order valence-corrected chi connectivity index (χ2v) is 5.53. The second-order valence-electron chi connectivity index (χ2n) is 5.53. The van der Waals surface area contributed by atoms with E-state index in [0.717, 1.165) is 30.5 Å². The smallest absolute Gasteiger partial charge is 0.323 e. The van der Waals surface area contributed by atoms with Gasteiger partial charge < -0.3 is 5.11 Å². The van der Waals surface area contributed by atoms with Crippen molar-refractivity contribution in [3.05, 3.63) is 35.1 Å². The average Bonchev–Trinajstić information content (AvgIpc) is 2.36. The van der Waals surface area contributed by atoms with E-state index in [4.69, 9.17) is 0 Å². The minimum atomic E-state index is -0.836. The number of likely N-dealkylation sites (tertiary alicyclic amines) is 1. The molecule has 1 aliphatic rings. The summed E-state index contributed by atoms with van der Waals surface area (Å²) in [5, 5.41) is 9.45. The molecule has 0 bridgehead atoms. The number of piperidine rings is 1. The minimum Gasteiger partial charge on any atom is -0.480 e. The van der Waals surface area contributed by atoms with Crippen LogP contribution in [0.5, 0.6) is 0 Å². The van der Waals surface area contributed by atoms with Gasteiger partial charge in [0.1, 0.15) is 11.4 Å². The third kappa shape index (κ3) is 2.78. The normalized spacial score (nSPS) is 24.4. The lowest BCUT2D eigenvalue weighted by Crippen LogP contribution is -2.54. The summed E-state index contributed by atoms with van der Waals surface area (Å²) in [6, 6.07) is 4.68. The molecule has 0 spiro atoms. The van der Waals surface area contributed by atoms with Gasteiger partial charge in [-0.1, -0.05) is 6.07 Å². The first-order valence-electron chi connectivity index (χ1n) is 6.67. The first-order chi connectivity index (χ1) is 8.93. The Kier molecular flexibility index (Phi) is 3.90. The number of carbonyl (C=O) groups is 1. The molecule has 1 unspecified atom stereocenters. The maximum Gasteiger partial charge on any atom is 0.323 e. The van der Waals surface area contributed by atoms with Crippen LogP contribution in [-0.2, 0) is 11.3 Å². The van der Waals surface area contributed by atoms with Gasteiger partial charge in [-0.15, -0.1) is 0 Å². The predicted octanol–water partition coefficient (Wildman–Crippen LogP) is 2.96. The van der Waals surface area contributed by atoms with E-state index in [1.807, 2.05) is 11.8 Å². The van der Waals surface area contributed by atoms with Crippen molar-refractivity contribution in [3.8, 4) is 0 Å². The van der Waals surface area contributed by atoms with Crippen molar-refractivity contribution >= 4 is 5.97 Å². The third-order valence-electron chi connectivity index (χ3n) is 4.17. The molecule has 1 aromatic rings. The Morgan fingerprint density at radius 1 is 1.47 bits per heavy atom. The molecule has 19 heavy (non-hydrogen) atoms. The van der Waals surface area contributed by atoms with Crippen LogP contribution in [0.1, 0.15) is 37.3 Å². The Hall–Kier alpha value is -1.42. The molecule has 0 aromatic heterocycles. The molecule has 1 heterocycles. The average molecular weight is 265 g/mol. The number of aryl methyl sites for hydroxylation is 1. The fourth-order valence-corrected chi connectivity index (χ4v) is 2.69. The molecule has 1 N–H and O–H groups in total. The largest absolute Gasteiger partial charge is 0.480 e. The van der Waals surface area contributed by atoms with E-state index >= 15 is 0 Å². The summed E-state index contributed by atoms with van der Waals surface area (Å²) in [4.78, 5) is 13.5. The Balaban J connectivity index is 2.25. The number of carboxylic acids is 1. The zero-order valence-corrected chi connectivity index (χ0v) is 11.4. The molecule has 0 amide bonds. The number of hydrogen-bond donors (Lipinski definition) is 1. The molecule has 1 atom stereocenters. The Morgan fingerprint density at radius 2 is 2.21 bits per heavy atom. The van der Waals surface area contributed by atoms with E-state index in [-0.39, 0.29) is 5.82 Å². The van der Waals surface area contributed by atoms with Gasteiger partial charge in [0.2, 0.25) is 0 Å². The number of benzene rings is 1. The molecule has 0 aliphatic carbocycles. The van der Waals surface area contributed by atoms with Crippen molar-refractivity contribution in [1.82, 2.24) is 4.90 Å². The van der Waals surface area contributed by atoms with Gasteiger partial charge in [0.25, 0.3) is 0 Å². The number of hydrogen-bond acceptors (Lipinski definition) is 2. The van der Waals surface area contributed by atoms with Crippen molar-refractivity contribution in [1.29, 1.82) is 0 Å². The second kappa shape index (κ2) is 5.29. The van der Waals surface area contributed by atoms with E-state index in [1.165, 1.54) is 12.1 Å². The summed E-state index contributed by atoms with van der Waals surface area (Å²) in [5.74, 6) is -1.06. The van der Waals surface area contributed by atoms with E-state index in [9.17, 15) is 14.3 Å². The van der Waals surface area contributed by atoms with E-state index < -0.39 is 11.5 Å². The molecule has 4 heteroatoms. The third-order valence-corrected chi connectivity index (χ3v) is 4.17. The highest BCUT2D eigenvalue weighted by Crippen LogP contribution is 2.30. The van der Waals surface area contributed by atoms with Crippen molar-refractivity contribution in [2.24, 2.45) is 0 Å². The monoisotopic (exact) mass is 265 g/mol. The molecular weight excluding hydrogens is 245 g/mol. The lowest BCUT2D eigenvalue weighted by molar-refractivity contribution is -0.153. The van der Waals surface area contributed by atoms with Gasteiger partial charge in [0, 0.05) is 6.54 Å². The van der Waals surface area contributed by atoms with Crippen molar-refractivity contribution in [2.45, 2.75) is 45.2 Å². The van der Waals surface area contributed by atoms with Crippen molar-refractivity contribution in [3.63, 3.8) is 0 Å². The molecule has 104 valence electrons. The van der Waals surface area contributed by atoms with E-state index in [2.05, 4.69) is 0 Å². The molecule has 1 fully saturated rings. The van der Waals surface area contributed by atoms with Crippen LogP contribution in [0.4, 0.5) is 4.39 Å². The van der Waals surface area contributed by atoms with Crippen LogP contribution in [-0.4, -0.2) is 28.1 Å². The Bertz CT molecular complexity index is 489. The van der Waals surface area contributed by atoms with Gasteiger partial charge in [-0.2, -0.15) is 0 Å². The molecule has 1 saturated heterocycles. The highest BCUT2D eigenvalue weighted by Gasteiger charge is 2.41. The van der Waals surface area contributed by atoms with Gasteiger partial charge >= 0.3 is 5.97 Å². The molecule has 2 rings (SSSR count). The van der Waals surface area contributed by atoms with Crippen LogP contribution in [0, 0.1) is 12.7 Å². The number of halogens is 1. The first kappa shape index (κ1) is 14.0. The number of aliphatic carboxylic acids is 1. The summed E-state index contributed by atoms with van der Waals surface area (Å²) in [6.07, 6.45) is 2.58. The standard InChI is InChI=1S/C15H20FNO2/c1-11-5-6-13(16)9-12(11)10-17-8-4-3-7-15(17,2)14(18)19/h5-6,9H,3-4,7-8,10H2,1-2H3,(H,18,19). The predicted molar refractivity (Wildman–Crippen MR) is 71.4 cm³/mol. The van der Waals surface area contributed by atoms with Crippen molar-refractivity contribution in [2.75, 3.05) is 6.54 Å². The number of rotatable bonds is 3. The topological polar surface area (TPSA) is 40.5 Å². The molecular formula is C15H20FNO2. The zero-order chi connectivity index (χ0) is 14.0. The van der Waals surface area contributed by atoms with Gasteiger partial charge in [-0.3, -0.25) is 9.69 Å². The summed E-state index contributed by atoms with van der Waals surface area (Å²) in [7, 11) is 0. The van der Waals surface area contributed by atoms with Crippen molar-refractivity contribution < 1.29 is 14.3 Å². The number of carboxylic acid groups (broad SMARTS) is 1. The van der Waals surface area contributed by atoms with E-state index in [0.29, 0.717) is 13.0 Å². The molecule has 3 nitrogen and oxygen atoms in total. The Labute approximate surface area is 113 Å². The maximum atomic E-state index is 13.3. The maximum absolute atomic E-state index is 13.3. The first-order valence-corrected chi connectivity index (χ1v) is 6.67. The summed E-state index contributed by atoms with van der Waals surface area (Å²) in [5.41, 5.74) is 1.03. The quantitative estimate of drug-likeness (QED) is 0.913. The van der Waals surface area contributed by atoms with Gasteiger partial charge in [0.05, 0.1) is 0 Å². The molecule has 1 aromatic carbocycles. The summed E-state index contributed by atoms with van der Waals surface area (Å²) < 4.78 is 13.3. The van der Waals surface area contributed by atoms with Gasteiger partial charge in [-0.05, 0) is 62.9 Å². The fraction of sp³-hybridized carbons (Fsp3) is 0.533. The van der Waals surface area contributed by atoms with Crippen LogP contribution in [0.25, 0.3) is 0 Å². The SMILES string of the molecule is Cc1ccc(F)cc1CN1CCCCC1(C)C(=O)O. The van der Waals surface area contributed by atoms with E-state index in [1.54, 1.807) is 13.0 Å². The van der Waals surface area contributed by atoms with Crippen LogP contribution >= 0.6 is 0 Å². The summed E-state index contributed by atoms with van der Waals surface area (Å²) in [6.45, 7) is 4.94. The molecule has 0 radical (unpaired) electrons. The van der Waals surface area contributed by atoms with Crippen LogP contribution in [0.15, 0.2) is 18.2 Å². The molecule has 1 aliphatic heterocycles. The van der Waals surface area contributed by atoms with Crippen LogP contribution < -0.4 is 0 Å². The fourth-order valence-electron chi connectivity index (χ4n) is 2.69.